The molecule has 25 heavy (non-hydrogen) atoms. The number of esters is 2. The molecule has 7 heteroatoms. The summed E-state index contributed by atoms with van der Waals surface area (Å²) >= 11 is 1.57. The molecule has 0 heterocycles. The Morgan fingerprint density at radius 3 is 1.40 bits per heavy atom. The van der Waals surface area contributed by atoms with Crippen molar-refractivity contribution in [3.05, 3.63) is 48.5 Å². The van der Waals surface area contributed by atoms with Gasteiger partial charge in [0.15, 0.2) is 13.2 Å². The van der Waals surface area contributed by atoms with Crippen molar-refractivity contribution < 1.29 is 28.5 Å². The predicted molar refractivity (Wildman–Crippen MR) is 92.0 cm³/mol. The molecule has 0 saturated heterocycles. The van der Waals surface area contributed by atoms with Crippen molar-refractivity contribution in [1.82, 2.24) is 0 Å². The second-order valence-electron chi connectivity index (χ2n) is 4.77. The lowest BCUT2D eigenvalue weighted by Crippen LogP contribution is -2.12. The molecular formula is C18H18O6S. The standard InChI is InChI=1S/C18H18O6S/c1-21-17(19)11-23-13-3-7-15(8-4-13)25-16-9-5-14(6-10-16)24-12-18(20)22-2/h3-10H,11-12H2,1-2H3. The quantitative estimate of drug-likeness (QED) is 0.669. The van der Waals surface area contributed by atoms with E-state index in [1.165, 1.54) is 14.2 Å². The van der Waals surface area contributed by atoms with Crippen LogP contribution in [0, 0.1) is 0 Å². The Hall–Kier alpha value is -2.67. The van der Waals surface area contributed by atoms with Crippen LogP contribution >= 0.6 is 11.8 Å². The van der Waals surface area contributed by atoms with Crippen molar-refractivity contribution >= 4 is 23.7 Å². The molecule has 0 amide bonds. The Kier molecular flexibility index (Phi) is 7.16. The predicted octanol–water partition coefficient (Wildman–Crippen LogP) is 2.94. The maximum absolute atomic E-state index is 11.0. The zero-order valence-corrected chi connectivity index (χ0v) is 14.7. The maximum Gasteiger partial charge on any atom is 0.343 e. The van der Waals surface area contributed by atoms with Crippen LogP contribution in [-0.4, -0.2) is 39.4 Å². The fraction of sp³-hybridized carbons (Fsp3) is 0.222. The summed E-state index contributed by atoms with van der Waals surface area (Å²) in [6, 6.07) is 14.8. The van der Waals surface area contributed by atoms with Gasteiger partial charge in [-0.05, 0) is 48.5 Å². The lowest BCUT2D eigenvalue weighted by molar-refractivity contribution is -0.143. The van der Waals surface area contributed by atoms with Gasteiger partial charge in [0.05, 0.1) is 14.2 Å². The van der Waals surface area contributed by atoms with Gasteiger partial charge in [-0.3, -0.25) is 0 Å². The van der Waals surface area contributed by atoms with E-state index in [1.54, 1.807) is 36.0 Å². The Morgan fingerprint density at radius 2 is 1.08 bits per heavy atom. The summed E-state index contributed by atoms with van der Waals surface area (Å²) < 4.78 is 19.6. The van der Waals surface area contributed by atoms with Gasteiger partial charge in [-0.25, -0.2) is 9.59 Å². The van der Waals surface area contributed by atoms with Gasteiger partial charge in [-0.15, -0.1) is 0 Å². The first-order valence-corrected chi connectivity index (χ1v) is 8.19. The average molecular weight is 362 g/mol. The van der Waals surface area contributed by atoms with Crippen LogP contribution in [0.25, 0.3) is 0 Å². The number of benzene rings is 2. The summed E-state index contributed by atoms with van der Waals surface area (Å²) in [6.45, 7) is -0.230. The minimum absolute atomic E-state index is 0.115. The molecule has 0 fully saturated rings. The fourth-order valence-electron chi connectivity index (χ4n) is 1.75. The van der Waals surface area contributed by atoms with Gasteiger partial charge in [0.2, 0.25) is 0 Å². The molecule has 2 aromatic carbocycles. The van der Waals surface area contributed by atoms with Crippen molar-refractivity contribution in [2.24, 2.45) is 0 Å². The minimum atomic E-state index is -0.423. The van der Waals surface area contributed by atoms with Gasteiger partial charge in [-0.1, -0.05) is 11.8 Å². The minimum Gasteiger partial charge on any atom is -0.482 e. The van der Waals surface area contributed by atoms with Gasteiger partial charge in [0.1, 0.15) is 11.5 Å². The summed E-state index contributed by atoms with van der Waals surface area (Å²) in [5.74, 6) is 0.350. The van der Waals surface area contributed by atoms with E-state index >= 15 is 0 Å². The Bertz CT molecular complexity index is 635. The smallest absolute Gasteiger partial charge is 0.343 e. The van der Waals surface area contributed by atoms with E-state index < -0.39 is 11.9 Å². The van der Waals surface area contributed by atoms with Gasteiger partial charge in [0.25, 0.3) is 0 Å². The fourth-order valence-corrected chi connectivity index (χ4v) is 2.56. The van der Waals surface area contributed by atoms with Gasteiger partial charge < -0.3 is 18.9 Å². The monoisotopic (exact) mass is 362 g/mol. The van der Waals surface area contributed by atoms with Crippen LogP contribution in [0.2, 0.25) is 0 Å². The maximum atomic E-state index is 11.0. The summed E-state index contributed by atoms with van der Waals surface area (Å²) in [6.07, 6.45) is 0. The van der Waals surface area contributed by atoms with Gasteiger partial charge in [0, 0.05) is 9.79 Å². The van der Waals surface area contributed by atoms with Crippen molar-refractivity contribution in [3.8, 4) is 11.5 Å². The third-order valence-corrected chi connectivity index (χ3v) is 4.07. The molecule has 6 nitrogen and oxygen atoms in total. The van der Waals surface area contributed by atoms with Crippen LogP contribution < -0.4 is 9.47 Å². The average Bonchev–Trinajstić information content (AvgIpc) is 2.66. The molecule has 132 valence electrons. The molecule has 0 aliphatic carbocycles. The summed E-state index contributed by atoms with van der Waals surface area (Å²) in [7, 11) is 2.63. The van der Waals surface area contributed by atoms with Crippen molar-refractivity contribution in [2.75, 3.05) is 27.4 Å². The number of rotatable bonds is 8. The van der Waals surface area contributed by atoms with Crippen molar-refractivity contribution in [2.45, 2.75) is 9.79 Å². The highest BCUT2D eigenvalue weighted by atomic mass is 32.2. The van der Waals surface area contributed by atoms with Gasteiger partial charge >= 0.3 is 11.9 Å². The zero-order chi connectivity index (χ0) is 18.1. The first-order valence-electron chi connectivity index (χ1n) is 7.38. The van der Waals surface area contributed by atoms with E-state index in [9.17, 15) is 9.59 Å². The van der Waals surface area contributed by atoms with E-state index in [2.05, 4.69) is 9.47 Å². The number of ether oxygens (including phenoxy) is 4. The second-order valence-corrected chi connectivity index (χ2v) is 5.92. The zero-order valence-electron chi connectivity index (χ0n) is 13.9. The lowest BCUT2D eigenvalue weighted by Gasteiger charge is -2.07. The summed E-state index contributed by atoms with van der Waals surface area (Å²) in [5, 5.41) is 0. The number of carbonyl (C=O) groups is 2. The second kappa shape index (κ2) is 9.58. The molecule has 2 rings (SSSR count). The number of hydrogen-bond donors (Lipinski definition) is 0. The first-order chi connectivity index (χ1) is 12.1. The van der Waals surface area contributed by atoms with Crippen LogP contribution in [0.5, 0.6) is 11.5 Å². The number of carbonyl (C=O) groups excluding carboxylic acids is 2. The third kappa shape index (κ3) is 6.39. The molecule has 0 spiro atoms. The first kappa shape index (κ1) is 18.7. The van der Waals surface area contributed by atoms with Crippen LogP contribution in [0.15, 0.2) is 58.3 Å². The molecule has 0 unspecified atom stereocenters. The molecule has 0 atom stereocenters. The highest BCUT2D eigenvalue weighted by Crippen LogP contribution is 2.30. The highest BCUT2D eigenvalue weighted by Gasteiger charge is 2.04. The van der Waals surface area contributed by atoms with E-state index in [0.717, 1.165) is 9.79 Å². The summed E-state index contributed by atoms with van der Waals surface area (Å²) in [5.41, 5.74) is 0. The molecule has 0 radical (unpaired) electrons. The molecule has 0 aliphatic rings. The third-order valence-electron chi connectivity index (χ3n) is 3.05. The van der Waals surface area contributed by atoms with Gasteiger partial charge in [-0.2, -0.15) is 0 Å². The van der Waals surface area contributed by atoms with E-state index in [4.69, 9.17) is 9.47 Å². The molecular weight excluding hydrogens is 344 g/mol. The van der Waals surface area contributed by atoms with Crippen LogP contribution in [0.3, 0.4) is 0 Å². The lowest BCUT2D eigenvalue weighted by atomic mass is 10.3. The molecule has 0 aliphatic heterocycles. The molecule has 0 N–H and O–H groups in total. The molecule has 0 aromatic heterocycles. The van der Waals surface area contributed by atoms with E-state index in [1.807, 2.05) is 24.3 Å². The highest BCUT2D eigenvalue weighted by molar-refractivity contribution is 7.99. The number of methoxy groups -OCH3 is 2. The molecule has 0 saturated carbocycles. The Morgan fingerprint density at radius 1 is 0.720 bits per heavy atom. The largest absolute Gasteiger partial charge is 0.482 e. The van der Waals surface area contributed by atoms with Crippen LogP contribution in [-0.2, 0) is 19.1 Å². The van der Waals surface area contributed by atoms with E-state index in [-0.39, 0.29) is 13.2 Å². The Labute approximate surface area is 150 Å². The topological polar surface area (TPSA) is 71.1 Å². The normalized spacial score (nSPS) is 10.0. The molecule has 2 aromatic rings. The Balaban J connectivity index is 1.87. The number of hydrogen-bond acceptors (Lipinski definition) is 7. The molecule has 0 bridgehead atoms. The van der Waals surface area contributed by atoms with Crippen molar-refractivity contribution in [3.63, 3.8) is 0 Å². The van der Waals surface area contributed by atoms with Crippen LogP contribution in [0.4, 0.5) is 0 Å². The van der Waals surface area contributed by atoms with Crippen molar-refractivity contribution in [1.29, 1.82) is 0 Å². The van der Waals surface area contributed by atoms with E-state index in [0.29, 0.717) is 11.5 Å². The summed E-state index contributed by atoms with van der Waals surface area (Å²) in [4.78, 5) is 24.1. The van der Waals surface area contributed by atoms with Crippen LogP contribution in [0.1, 0.15) is 0 Å². The SMILES string of the molecule is COC(=O)COc1ccc(Sc2ccc(OCC(=O)OC)cc2)cc1.